The Hall–Kier alpha value is -6.70. The molecular weight excluding hydrogens is 615 g/mol. The molecule has 0 saturated carbocycles. The van der Waals surface area contributed by atoms with Crippen LogP contribution < -0.4 is 4.90 Å². The lowest BCUT2D eigenvalue weighted by atomic mass is 9.96. The van der Waals surface area contributed by atoms with Crippen LogP contribution in [0.25, 0.3) is 66.1 Å². The second kappa shape index (κ2) is 13.3. The van der Waals surface area contributed by atoms with Gasteiger partial charge in [0.1, 0.15) is 0 Å². The van der Waals surface area contributed by atoms with Crippen molar-refractivity contribution >= 4 is 38.6 Å². The van der Waals surface area contributed by atoms with Crippen molar-refractivity contribution in [3.05, 3.63) is 212 Å². The van der Waals surface area contributed by atoms with E-state index in [4.69, 9.17) is 0 Å². The standard InChI is InChI=1S/C50H35N/c1-2-12-36(13-3-1)42-18-8-20-45(34-42)51(46-21-9-19-43(35-46)50-25-11-17-40-15-5-7-23-48(40)50)44-32-30-38(31-33-44)37-26-28-41(29-27-37)49-24-10-16-39-14-4-6-22-47(39)49/h1-35H. The van der Waals surface area contributed by atoms with Crippen molar-refractivity contribution in [2.24, 2.45) is 0 Å². The van der Waals surface area contributed by atoms with Gasteiger partial charge in [-0.15, -0.1) is 0 Å². The van der Waals surface area contributed by atoms with Crippen molar-refractivity contribution in [2.75, 3.05) is 4.90 Å². The zero-order valence-corrected chi connectivity index (χ0v) is 28.2. The third-order valence-electron chi connectivity index (χ3n) is 9.86. The van der Waals surface area contributed by atoms with Crippen LogP contribution in [0, 0.1) is 0 Å². The zero-order chi connectivity index (χ0) is 34.0. The predicted octanol–water partition coefficient (Wildman–Crippen LogP) is 14.1. The molecule has 1 nitrogen and oxygen atoms in total. The van der Waals surface area contributed by atoms with Gasteiger partial charge in [0.05, 0.1) is 0 Å². The smallest absolute Gasteiger partial charge is 0.0467 e. The third kappa shape index (κ3) is 5.96. The Balaban J connectivity index is 1.10. The third-order valence-corrected chi connectivity index (χ3v) is 9.86. The van der Waals surface area contributed by atoms with Gasteiger partial charge in [0.25, 0.3) is 0 Å². The predicted molar refractivity (Wildman–Crippen MR) is 218 cm³/mol. The molecule has 0 fully saturated rings. The highest BCUT2D eigenvalue weighted by Crippen LogP contribution is 2.40. The SMILES string of the molecule is c1ccc(-c2cccc(N(c3ccc(-c4ccc(-c5cccc6ccccc56)cc4)cc3)c3cccc(-c4cccc5ccccc45)c3)c2)cc1. The van der Waals surface area contributed by atoms with Crippen molar-refractivity contribution in [1.29, 1.82) is 0 Å². The van der Waals surface area contributed by atoms with Crippen LogP contribution in [0.15, 0.2) is 212 Å². The van der Waals surface area contributed by atoms with Crippen molar-refractivity contribution < 1.29 is 0 Å². The summed E-state index contributed by atoms with van der Waals surface area (Å²) in [7, 11) is 0. The fourth-order valence-corrected chi connectivity index (χ4v) is 7.31. The molecule has 9 aromatic carbocycles. The van der Waals surface area contributed by atoms with E-state index < -0.39 is 0 Å². The highest BCUT2D eigenvalue weighted by Gasteiger charge is 2.16. The summed E-state index contributed by atoms with van der Waals surface area (Å²) in [5.74, 6) is 0. The van der Waals surface area contributed by atoms with Crippen molar-refractivity contribution in [3.8, 4) is 44.5 Å². The molecule has 0 aliphatic carbocycles. The molecule has 0 bridgehead atoms. The first-order chi connectivity index (χ1) is 25.3. The van der Waals surface area contributed by atoms with Crippen LogP contribution in [-0.4, -0.2) is 0 Å². The van der Waals surface area contributed by atoms with E-state index in [1.807, 2.05) is 0 Å². The Bertz CT molecular complexity index is 2610. The summed E-state index contributed by atoms with van der Waals surface area (Å²) in [6.45, 7) is 0. The van der Waals surface area contributed by atoms with Crippen LogP contribution in [0.3, 0.4) is 0 Å². The van der Waals surface area contributed by atoms with E-state index in [1.165, 1.54) is 66.1 Å². The largest absolute Gasteiger partial charge is 0.310 e. The van der Waals surface area contributed by atoms with Gasteiger partial charge in [-0.25, -0.2) is 0 Å². The molecule has 51 heavy (non-hydrogen) atoms. The summed E-state index contributed by atoms with van der Waals surface area (Å²) in [4.78, 5) is 2.37. The first-order valence-corrected chi connectivity index (χ1v) is 17.5. The van der Waals surface area contributed by atoms with Crippen LogP contribution >= 0.6 is 0 Å². The molecule has 0 aliphatic heterocycles. The summed E-state index contributed by atoms with van der Waals surface area (Å²) in [6.07, 6.45) is 0. The van der Waals surface area contributed by atoms with Crippen LogP contribution in [-0.2, 0) is 0 Å². The maximum atomic E-state index is 2.37. The fraction of sp³-hybridized carbons (Fsp3) is 0. The summed E-state index contributed by atoms with van der Waals surface area (Å²) < 4.78 is 0. The average Bonchev–Trinajstić information content (AvgIpc) is 3.21. The lowest BCUT2D eigenvalue weighted by Gasteiger charge is -2.27. The molecule has 0 heterocycles. The number of rotatable bonds is 7. The molecule has 0 radical (unpaired) electrons. The molecule has 240 valence electrons. The summed E-state index contributed by atoms with van der Waals surface area (Å²) in [6, 6.07) is 76.6. The molecule has 0 amide bonds. The molecule has 1 heteroatoms. The maximum Gasteiger partial charge on any atom is 0.0467 e. The minimum atomic E-state index is 1.10. The van der Waals surface area contributed by atoms with E-state index in [9.17, 15) is 0 Å². The number of fused-ring (bicyclic) bond motifs is 2. The van der Waals surface area contributed by atoms with Crippen molar-refractivity contribution in [2.45, 2.75) is 0 Å². The summed E-state index contributed by atoms with van der Waals surface area (Å²) in [5, 5.41) is 5.04. The fourth-order valence-electron chi connectivity index (χ4n) is 7.31. The minimum absolute atomic E-state index is 1.10. The van der Waals surface area contributed by atoms with E-state index in [-0.39, 0.29) is 0 Å². The van der Waals surface area contributed by atoms with Gasteiger partial charge in [-0.2, -0.15) is 0 Å². The normalized spacial score (nSPS) is 11.1. The molecule has 0 N–H and O–H groups in total. The van der Waals surface area contributed by atoms with Crippen molar-refractivity contribution in [1.82, 2.24) is 0 Å². The van der Waals surface area contributed by atoms with E-state index in [0.29, 0.717) is 0 Å². The molecule has 9 aromatic rings. The van der Waals surface area contributed by atoms with Gasteiger partial charge >= 0.3 is 0 Å². The van der Waals surface area contributed by atoms with E-state index in [1.54, 1.807) is 0 Å². The molecule has 0 spiro atoms. The topological polar surface area (TPSA) is 3.24 Å². The van der Waals surface area contributed by atoms with Crippen LogP contribution in [0.4, 0.5) is 17.1 Å². The second-order valence-corrected chi connectivity index (χ2v) is 13.0. The molecular formula is C50H35N. The van der Waals surface area contributed by atoms with Gasteiger partial charge in [-0.3, -0.25) is 0 Å². The Labute approximate surface area is 299 Å². The van der Waals surface area contributed by atoms with Crippen LogP contribution in [0.1, 0.15) is 0 Å². The molecule has 0 saturated heterocycles. The van der Waals surface area contributed by atoms with Gasteiger partial charge in [-0.05, 0) is 102 Å². The monoisotopic (exact) mass is 649 g/mol. The lowest BCUT2D eigenvalue weighted by Crippen LogP contribution is -2.10. The highest BCUT2D eigenvalue weighted by molar-refractivity contribution is 5.98. The number of hydrogen-bond acceptors (Lipinski definition) is 1. The highest BCUT2D eigenvalue weighted by atomic mass is 15.1. The molecule has 0 atom stereocenters. The van der Waals surface area contributed by atoms with Crippen molar-refractivity contribution in [3.63, 3.8) is 0 Å². The second-order valence-electron chi connectivity index (χ2n) is 13.0. The quantitative estimate of drug-likeness (QED) is 0.166. The Morgan fingerprint density at radius 1 is 0.235 bits per heavy atom. The molecule has 0 aromatic heterocycles. The van der Waals surface area contributed by atoms with Gasteiger partial charge in [0, 0.05) is 17.1 Å². The number of anilines is 3. The lowest BCUT2D eigenvalue weighted by molar-refractivity contribution is 1.28. The number of nitrogens with zero attached hydrogens (tertiary/aromatic N) is 1. The summed E-state index contributed by atoms with van der Waals surface area (Å²) >= 11 is 0. The minimum Gasteiger partial charge on any atom is -0.310 e. The van der Waals surface area contributed by atoms with Gasteiger partial charge in [0.2, 0.25) is 0 Å². The first kappa shape index (κ1) is 30.4. The number of hydrogen-bond donors (Lipinski definition) is 0. The summed E-state index contributed by atoms with van der Waals surface area (Å²) in [5.41, 5.74) is 13.0. The van der Waals surface area contributed by atoms with Crippen LogP contribution in [0.5, 0.6) is 0 Å². The Morgan fingerprint density at radius 3 is 1.27 bits per heavy atom. The van der Waals surface area contributed by atoms with Gasteiger partial charge in [0.15, 0.2) is 0 Å². The first-order valence-electron chi connectivity index (χ1n) is 17.5. The van der Waals surface area contributed by atoms with E-state index in [2.05, 4.69) is 217 Å². The van der Waals surface area contributed by atoms with Crippen LogP contribution in [0.2, 0.25) is 0 Å². The van der Waals surface area contributed by atoms with E-state index >= 15 is 0 Å². The Kier molecular flexibility index (Phi) is 7.92. The zero-order valence-electron chi connectivity index (χ0n) is 28.2. The number of benzene rings is 9. The Morgan fingerprint density at radius 2 is 0.647 bits per heavy atom. The molecule has 9 rings (SSSR count). The van der Waals surface area contributed by atoms with Gasteiger partial charge < -0.3 is 4.90 Å². The maximum absolute atomic E-state index is 2.37. The van der Waals surface area contributed by atoms with E-state index in [0.717, 1.165) is 17.1 Å². The molecule has 0 unspecified atom stereocenters. The van der Waals surface area contributed by atoms with Gasteiger partial charge in [-0.1, -0.05) is 176 Å². The average molecular weight is 650 g/mol. The molecule has 0 aliphatic rings.